The lowest BCUT2D eigenvalue weighted by molar-refractivity contribution is -0.140. The second kappa shape index (κ2) is 7.21. The molecule has 1 fully saturated rings. The molecule has 6 nitrogen and oxygen atoms in total. The zero-order chi connectivity index (χ0) is 22.7. The van der Waals surface area contributed by atoms with E-state index < -0.39 is 11.9 Å². The summed E-state index contributed by atoms with van der Waals surface area (Å²) in [6, 6.07) is 3.80. The minimum Gasteiger partial charge on any atom is -0.370 e. The highest BCUT2D eigenvalue weighted by Gasteiger charge is 2.37. The summed E-state index contributed by atoms with van der Waals surface area (Å²) in [4.78, 5) is 7.11. The summed E-state index contributed by atoms with van der Waals surface area (Å²) in [6.07, 6.45) is 1.81. The van der Waals surface area contributed by atoms with E-state index in [2.05, 4.69) is 46.1 Å². The van der Waals surface area contributed by atoms with Crippen LogP contribution in [0.5, 0.6) is 0 Å². The number of aromatic amines is 2. The summed E-state index contributed by atoms with van der Waals surface area (Å²) in [7, 11) is 0. The third-order valence-corrected chi connectivity index (χ3v) is 6.17. The van der Waals surface area contributed by atoms with E-state index in [-0.39, 0.29) is 16.7 Å². The highest BCUT2D eigenvalue weighted by atomic mass is 19.4. The number of aromatic nitrogens is 5. The Labute approximate surface area is 183 Å². The Balaban J connectivity index is 1.87. The summed E-state index contributed by atoms with van der Waals surface area (Å²) in [5.74, 6) is 0. The maximum atomic E-state index is 13.6. The van der Waals surface area contributed by atoms with Gasteiger partial charge in [0.1, 0.15) is 0 Å². The monoisotopic (exact) mass is 442 g/mol. The number of H-pyrrole nitrogens is 2. The van der Waals surface area contributed by atoms with Crippen molar-refractivity contribution in [2.45, 2.75) is 51.6 Å². The molecule has 0 spiro atoms. The van der Waals surface area contributed by atoms with Crippen molar-refractivity contribution in [3.05, 3.63) is 35.8 Å². The van der Waals surface area contributed by atoms with Crippen molar-refractivity contribution in [1.82, 2.24) is 25.4 Å². The number of halogens is 3. The molecule has 0 radical (unpaired) electrons. The van der Waals surface area contributed by atoms with E-state index in [1.807, 2.05) is 6.07 Å². The molecular formula is C23H25F3N6. The lowest BCUT2D eigenvalue weighted by Crippen LogP contribution is -2.29. The quantitative estimate of drug-likeness (QED) is 0.411. The van der Waals surface area contributed by atoms with Gasteiger partial charge in [0.25, 0.3) is 0 Å². The van der Waals surface area contributed by atoms with Crippen molar-refractivity contribution < 1.29 is 13.2 Å². The van der Waals surface area contributed by atoms with E-state index in [9.17, 15) is 13.2 Å². The predicted octanol–water partition coefficient (Wildman–Crippen LogP) is 5.81. The summed E-state index contributed by atoms with van der Waals surface area (Å²) in [5.41, 5.74) is 2.41. The first-order valence-corrected chi connectivity index (χ1v) is 10.8. The van der Waals surface area contributed by atoms with Crippen molar-refractivity contribution in [2.24, 2.45) is 0 Å². The summed E-state index contributed by atoms with van der Waals surface area (Å²) in [5, 5.41) is 15.0. The maximum absolute atomic E-state index is 13.6. The molecule has 1 aliphatic rings. The van der Waals surface area contributed by atoms with Crippen LogP contribution in [0.4, 0.5) is 18.9 Å². The number of anilines is 1. The molecule has 1 aliphatic heterocycles. The van der Waals surface area contributed by atoms with Gasteiger partial charge in [-0.15, -0.1) is 0 Å². The molecule has 0 bridgehead atoms. The van der Waals surface area contributed by atoms with Crippen LogP contribution in [0.25, 0.3) is 33.1 Å². The second-order valence-corrected chi connectivity index (χ2v) is 9.45. The van der Waals surface area contributed by atoms with Gasteiger partial charge in [-0.3, -0.25) is 10.2 Å². The number of benzene rings is 1. The van der Waals surface area contributed by atoms with Crippen molar-refractivity contribution in [1.29, 1.82) is 0 Å². The van der Waals surface area contributed by atoms with Gasteiger partial charge in [-0.1, -0.05) is 20.8 Å². The fourth-order valence-corrected chi connectivity index (χ4v) is 4.62. The molecule has 32 heavy (non-hydrogen) atoms. The van der Waals surface area contributed by atoms with Crippen LogP contribution >= 0.6 is 0 Å². The van der Waals surface area contributed by atoms with Crippen LogP contribution in [0.2, 0.25) is 0 Å². The SMILES string of the molecule is CC(C)(C)c1cc(-c2c[nH]nc2C(F)(F)F)nc2c(N3CCCCC3)cc3[nH]ncc3c12. The fraction of sp³-hybridized carbons (Fsp3) is 0.435. The molecule has 2 N–H and O–H groups in total. The summed E-state index contributed by atoms with van der Waals surface area (Å²) >= 11 is 0. The molecule has 9 heteroatoms. The zero-order valence-corrected chi connectivity index (χ0v) is 18.3. The largest absolute Gasteiger partial charge is 0.435 e. The first-order valence-electron chi connectivity index (χ1n) is 10.8. The molecule has 5 rings (SSSR count). The topological polar surface area (TPSA) is 73.5 Å². The third-order valence-electron chi connectivity index (χ3n) is 6.17. The first kappa shape index (κ1) is 20.8. The minimum absolute atomic E-state index is 0.0400. The standard InChI is InChI=1S/C23H25F3N6/c1-22(2,3)15-9-16(14-12-28-31-21(14)23(24,25)26)29-20-18(32-7-5-4-6-8-32)10-17-13(19(15)20)11-27-30-17/h9-12H,4-8H2,1-3H3,(H,27,30)(H,28,31). The van der Waals surface area contributed by atoms with Crippen molar-refractivity contribution in [3.8, 4) is 11.3 Å². The van der Waals surface area contributed by atoms with E-state index >= 15 is 0 Å². The molecular weight excluding hydrogens is 417 g/mol. The molecule has 0 saturated carbocycles. The number of piperidine rings is 1. The third kappa shape index (κ3) is 3.40. The summed E-state index contributed by atoms with van der Waals surface area (Å²) in [6.45, 7) is 7.97. The van der Waals surface area contributed by atoms with Gasteiger partial charge in [0, 0.05) is 30.1 Å². The minimum atomic E-state index is -4.57. The van der Waals surface area contributed by atoms with Crippen LogP contribution in [0.15, 0.2) is 24.5 Å². The molecule has 168 valence electrons. The van der Waals surface area contributed by atoms with Crippen LogP contribution < -0.4 is 4.90 Å². The van der Waals surface area contributed by atoms with E-state index in [1.54, 1.807) is 12.3 Å². The van der Waals surface area contributed by atoms with Gasteiger partial charge < -0.3 is 4.90 Å². The van der Waals surface area contributed by atoms with Gasteiger partial charge in [-0.05, 0) is 42.4 Å². The van der Waals surface area contributed by atoms with Crippen LogP contribution in [0.1, 0.15) is 51.3 Å². The van der Waals surface area contributed by atoms with Gasteiger partial charge in [0.15, 0.2) is 5.69 Å². The number of nitrogens with one attached hydrogen (secondary N) is 2. The van der Waals surface area contributed by atoms with Gasteiger partial charge in [-0.25, -0.2) is 4.98 Å². The van der Waals surface area contributed by atoms with Gasteiger partial charge in [0.2, 0.25) is 0 Å². The Bertz CT molecular complexity index is 1290. The highest BCUT2D eigenvalue weighted by Crippen LogP contribution is 2.42. The first-order chi connectivity index (χ1) is 15.1. The van der Waals surface area contributed by atoms with Gasteiger partial charge in [-0.2, -0.15) is 23.4 Å². The Morgan fingerprint density at radius 1 is 1.03 bits per heavy atom. The average molecular weight is 442 g/mol. The summed E-state index contributed by atoms with van der Waals surface area (Å²) < 4.78 is 40.9. The van der Waals surface area contributed by atoms with Crippen molar-refractivity contribution in [2.75, 3.05) is 18.0 Å². The number of fused-ring (bicyclic) bond motifs is 3. The Morgan fingerprint density at radius 2 is 1.78 bits per heavy atom. The smallest absolute Gasteiger partial charge is 0.370 e. The molecule has 3 aromatic heterocycles. The molecule has 4 heterocycles. The lowest BCUT2D eigenvalue weighted by Gasteiger charge is -2.31. The lowest BCUT2D eigenvalue weighted by atomic mass is 9.82. The van der Waals surface area contributed by atoms with E-state index in [1.165, 1.54) is 12.6 Å². The zero-order valence-electron chi connectivity index (χ0n) is 18.3. The molecule has 0 unspecified atom stereocenters. The van der Waals surface area contributed by atoms with Gasteiger partial charge in [0.05, 0.1) is 34.2 Å². The van der Waals surface area contributed by atoms with Crippen LogP contribution in [0, 0.1) is 0 Å². The van der Waals surface area contributed by atoms with E-state index in [0.717, 1.165) is 53.5 Å². The van der Waals surface area contributed by atoms with Crippen molar-refractivity contribution >= 4 is 27.5 Å². The number of rotatable bonds is 2. The Hall–Kier alpha value is -3.10. The predicted molar refractivity (Wildman–Crippen MR) is 119 cm³/mol. The molecule has 4 aromatic rings. The number of pyridine rings is 1. The van der Waals surface area contributed by atoms with Crippen LogP contribution in [0.3, 0.4) is 0 Å². The normalized spacial score (nSPS) is 15.8. The Kier molecular flexibility index (Phi) is 4.69. The molecule has 1 saturated heterocycles. The fourth-order valence-electron chi connectivity index (χ4n) is 4.62. The number of hydrogen-bond acceptors (Lipinski definition) is 4. The molecule has 0 amide bonds. The van der Waals surface area contributed by atoms with E-state index in [4.69, 9.17) is 4.98 Å². The number of nitrogens with zero attached hydrogens (tertiary/aromatic N) is 4. The van der Waals surface area contributed by atoms with Crippen molar-refractivity contribution in [3.63, 3.8) is 0 Å². The van der Waals surface area contributed by atoms with Crippen LogP contribution in [-0.4, -0.2) is 38.5 Å². The molecule has 0 aliphatic carbocycles. The maximum Gasteiger partial charge on any atom is 0.435 e. The highest BCUT2D eigenvalue weighted by molar-refractivity contribution is 6.12. The van der Waals surface area contributed by atoms with E-state index in [0.29, 0.717) is 5.52 Å². The number of alkyl halides is 3. The number of hydrogen-bond donors (Lipinski definition) is 2. The molecule has 1 aromatic carbocycles. The Morgan fingerprint density at radius 3 is 2.47 bits per heavy atom. The average Bonchev–Trinajstić information content (AvgIpc) is 3.41. The van der Waals surface area contributed by atoms with Crippen LogP contribution in [-0.2, 0) is 11.6 Å². The van der Waals surface area contributed by atoms with Gasteiger partial charge >= 0.3 is 6.18 Å². The second-order valence-electron chi connectivity index (χ2n) is 9.45. The molecule has 0 atom stereocenters.